The second-order valence-electron chi connectivity index (χ2n) is 3.32. The van der Waals surface area contributed by atoms with E-state index in [1.54, 1.807) is 24.3 Å². The third-order valence-corrected chi connectivity index (χ3v) is 3.52. The van der Waals surface area contributed by atoms with Crippen LogP contribution in [0.3, 0.4) is 0 Å². The van der Waals surface area contributed by atoms with E-state index in [0.717, 1.165) is 8.66 Å². The number of halogens is 1. The lowest BCUT2D eigenvalue weighted by molar-refractivity contribution is -0.142. The van der Waals surface area contributed by atoms with E-state index in [2.05, 4.69) is 21.2 Å². The number of hydrogen-bond acceptors (Lipinski definition) is 4. The van der Waals surface area contributed by atoms with Gasteiger partial charge in [0.05, 0.1) is 16.8 Å². The van der Waals surface area contributed by atoms with Gasteiger partial charge in [-0.2, -0.15) is 0 Å². The molecule has 0 radical (unpaired) electrons. The van der Waals surface area contributed by atoms with Crippen molar-refractivity contribution in [3.63, 3.8) is 0 Å². The highest BCUT2D eigenvalue weighted by molar-refractivity contribution is 9.11. The molecule has 0 aliphatic heterocycles. The molecule has 18 heavy (non-hydrogen) atoms. The summed E-state index contributed by atoms with van der Waals surface area (Å²) in [6, 6.07) is 3.83. The number of nitrogens with one attached hydrogen (secondary N) is 1. The van der Waals surface area contributed by atoms with Gasteiger partial charge in [-0.1, -0.05) is 0 Å². The van der Waals surface area contributed by atoms with Crippen LogP contribution in [0.2, 0.25) is 0 Å². The van der Waals surface area contributed by atoms with E-state index in [4.69, 9.17) is 4.74 Å². The van der Waals surface area contributed by atoms with E-state index >= 15 is 0 Å². The fraction of sp³-hybridized carbons (Fsp3) is 0.333. The van der Waals surface area contributed by atoms with Crippen molar-refractivity contribution in [1.82, 2.24) is 5.32 Å². The van der Waals surface area contributed by atoms with Crippen molar-refractivity contribution in [3.8, 4) is 0 Å². The average molecular weight is 332 g/mol. The van der Waals surface area contributed by atoms with Crippen LogP contribution >= 0.6 is 27.3 Å². The Balaban J connectivity index is 2.25. The van der Waals surface area contributed by atoms with Crippen LogP contribution in [0, 0.1) is 0 Å². The van der Waals surface area contributed by atoms with Crippen molar-refractivity contribution < 1.29 is 14.3 Å². The Morgan fingerprint density at radius 1 is 1.50 bits per heavy atom. The minimum absolute atomic E-state index is 0.192. The number of esters is 1. The van der Waals surface area contributed by atoms with Crippen molar-refractivity contribution in [2.24, 2.45) is 0 Å². The molecule has 6 heteroatoms. The lowest BCUT2D eigenvalue weighted by Gasteiger charge is -2.02. The van der Waals surface area contributed by atoms with Crippen LogP contribution in [0.25, 0.3) is 6.08 Å². The predicted molar refractivity (Wildman–Crippen MR) is 75.3 cm³/mol. The molecule has 0 atom stereocenters. The molecule has 0 unspecified atom stereocenters. The Labute approximate surface area is 118 Å². The fourth-order valence-corrected chi connectivity index (χ4v) is 2.48. The summed E-state index contributed by atoms with van der Waals surface area (Å²) in [6.07, 6.45) is 3.37. The van der Waals surface area contributed by atoms with Crippen molar-refractivity contribution >= 4 is 45.2 Å². The third-order valence-electron chi connectivity index (χ3n) is 1.93. The van der Waals surface area contributed by atoms with Crippen molar-refractivity contribution in [1.29, 1.82) is 0 Å². The van der Waals surface area contributed by atoms with E-state index < -0.39 is 0 Å². The second kappa shape index (κ2) is 8.05. The Hall–Kier alpha value is -1.14. The Bertz CT molecular complexity index is 442. The monoisotopic (exact) mass is 331 g/mol. The summed E-state index contributed by atoms with van der Waals surface area (Å²) in [6.45, 7) is 2.40. The number of amides is 1. The van der Waals surface area contributed by atoms with Crippen LogP contribution in [-0.2, 0) is 14.3 Å². The van der Waals surface area contributed by atoms with Crippen molar-refractivity contribution in [2.45, 2.75) is 13.3 Å². The minimum Gasteiger partial charge on any atom is -0.466 e. The standard InChI is InChI=1S/C12H14BrNO3S/c1-2-17-12(16)7-8-14-11(15)6-4-9-3-5-10(13)18-9/h3-6H,2,7-8H2,1H3,(H,14,15). The van der Waals surface area contributed by atoms with Gasteiger partial charge >= 0.3 is 5.97 Å². The molecular weight excluding hydrogens is 318 g/mol. The van der Waals surface area contributed by atoms with Crippen LogP contribution in [0.1, 0.15) is 18.2 Å². The van der Waals surface area contributed by atoms with Gasteiger partial charge in [0.1, 0.15) is 0 Å². The van der Waals surface area contributed by atoms with Crippen LogP contribution in [0.5, 0.6) is 0 Å². The quantitative estimate of drug-likeness (QED) is 0.643. The number of rotatable bonds is 6. The zero-order valence-corrected chi connectivity index (χ0v) is 12.3. The first-order chi connectivity index (χ1) is 8.61. The number of carbonyl (C=O) groups excluding carboxylic acids is 2. The molecule has 0 bridgehead atoms. The Kier molecular flexibility index (Phi) is 6.67. The van der Waals surface area contributed by atoms with Crippen LogP contribution in [0.15, 0.2) is 22.0 Å². The summed E-state index contributed by atoms with van der Waals surface area (Å²) in [4.78, 5) is 23.4. The summed E-state index contributed by atoms with van der Waals surface area (Å²) in [5.41, 5.74) is 0. The first kappa shape index (κ1) is 14.9. The molecule has 0 aliphatic carbocycles. The number of ether oxygens (including phenoxy) is 1. The molecule has 1 aromatic rings. The highest BCUT2D eigenvalue weighted by Gasteiger charge is 2.02. The molecule has 0 spiro atoms. The van der Waals surface area contributed by atoms with Crippen molar-refractivity contribution in [3.05, 3.63) is 26.9 Å². The van der Waals surface area contributed by atoms with Gasteiger partial charge in [0, 0.05) is 17.5 Å². The van der Waals surface area contributed by atoms with Gasteiger partial charge in [-0.25, -0.2) is 0 Å². The maximum Gasteiger partial charge on any atom is 0.307 e. The van der Waals surface area contributed by atoms with Gasteiger partial charge in [-0.15, -0.1) is 11.3 Å². The Morgan fingerprint density at radius 3 is 2.89 bits per heavy atom. The lowest BCUT2D eigenvalue weighted by atomic mass is 10.4. The maximum absolute atomic E-state index is 11.4. The first-order valence-electron chi connectivity index (χ1n) is 5.48. The third kappa shape index (κ3) is 5.97. The molecule has 1 heterocycles. The molecule has 1 rings (SSSR count). The molecule has 98 valence electrons. The number of carbonyl (C=O) groups is 2. The molecule has 1 amide bonds. The summed E-state index contributed by atoms with van der Waals surface area (Å²) >= 11 is 4.89. The molecule has 0 fully saturated rings. The van der Waals surface area contributed by atoms with E-state index in [1.165, 1.54) is 6.08 Å². The number of thiophene rings is 1. The van der Waals surface area contributed by atoms with E-state index in [1.807, 2.05) is 12.1 Å². The molecular formula is C12H14BrNO3S. The topological polar surface area (TPSA) is 55.4 Å². The van der Waals surface area contributed by atoms with Crippen LogP contribution in [-0.4, -0.2) is 25.0 Å². The number of hydrogen-bond donors (Lipinski definition) is 1. The Morgan fingerprint density at radius 2 is 2.28 bits per heavy atom. The van der Waals surface area contributed by atoms with Crippen LogP contribution in [0.4, 0.5) is 0 Å². The molecule has 0 aliphatic rings. The predicted octanol–water partition coefficient (Wildman–Crippen LogP) is 2.59. The van der Waals surface area contributed by atoms with Crippen molar-refractivity contribution in [2.75, 3.05) is 13.2 Å². The van der Waals surface area contributed by atoms with Gasteiger partial charge in [-0.3, -0.25) is 9.59 Å². The highest BCUT2D eigenvalue weighted by Crippen LogP contribution is 2.22. The van der Waals surface area contributed by atoms with E-state index in [0.29, 0.717) is 6.61 Å². The van der Waals surface area contributed by atoms with Gasteiger partial charge in [0.2, 0.25) is 5.91 Å². The smallest absolute Gasteiger partial charge is 0.307 e. The zero-order valence-electron chi connectivity index (χ0n) is 9.94. The average Bonchev–Trinajstić information content (AvgIpc) is 2.73. The molecule has 4 nitrogen and oxygen atoms in total. The highest BCUT2D eigenvalue weighted by atomic mass is 79.9. The molecule has 0 aromatic carbocycles. The molecule has 1 aromatic heterocycles. The maximum atomic E-state index is 11.4. The van der Waals surface area contributed by atoms with Crippen LogP contribution < -0.4 is 5.32 Å². The largest absolute Gasteiger partial charge is 0.466 e. The molecule has 0 saturated carbocycles. The summed E-state index contributed by atoms with van der Waals surface area (Å²) in [7, 11) is 0. The van der Waals surface area contributed by atoms with Gasteiger partial charge < -0.3 is 10.1 Å². The van der Waals surface area contributed by atoms with Gasteiger partial charge in [0.15, 0.2) is 0 Å². The van der Waals surface area contributed by atoms with E-state index in [-0.39, 0.29) is 24.8 Å². The summed E-state index contributed by atoms with van der Waals surface area (Å²) in [5, 5.41) is 2.62. The van der Waals surface area contributed by atoms with Gasteiger partial charge in [-0.05, 0) is 41.1 Å². The second-order valence-corrected chi connectivity index (χ2v) is 5.82. The minimum atomic E-state index is -0.302. The molecule has 1 N–H and O–H groups in total. The van der Waals surface area contributed by atoms with E-state index in [9.17, 15) is 9.59 Å². The first-order valence-corrected chi connectivity index (χ1v) is 7.09. The summed E-state index contributed by atoms with van der Waals surface area (Å²) < 4.78 is 5.76. The molecule has 0 saturated heterocycles. The SMILES string of the molecule is CCOC(=O)CCNC(=O)C=Cc1ccc(Br)s1. The van der Waals surface area contributed by atoms with Gasteiger partial charge in [0.25, 0.3) is 0 Å². The normalized spacial score (nSPS) is 10.6. The lowest BCUT2D eigenvalue weighted by Crippen LogP contribution is -2.24. The summed E-state index contributed by atoms with van der Waals surface area (Å²) in [5.74, 6) is -0.521. The fourth-order valence-electron chi connectivity index (χ4n) is 1.16. The zero-order chi connectivity index (χ0) is 13.4.